The topological polar surface area (TPSA) is 12.0 Å². The van der Waals surface area contributed by atoms with Crippen molar-refractivity contribution < 1.29 is 0 Å². The Bertz CT molecular complexity index is 393. The Morgan fingerprint density at radius 1 is 1.00 bits per heavy atom. The second-order valence-electron chi connectivity index (χ2n) is 6.17. The summed E-state index contributed by atoms with van der Waals surface area (Å²) in [7, 11) is 2.12. The summed E-state index contributed by atoms with van der Waals surface area (Å²) in [6.07, 6.45) is 4.41. The lowest BCUT2D eigenvalue weighted by molar-refractivity contribution is 0.359. The fraction of sp³-hybridized carbons (Fsp3) is 0.625. The highest BCUT2D eigenvalue weighted by atomic mass is 14.9. The monoisotopic (exact) mass is 229 g/mol. The van der Waals surface area contributed by atoms with E-state index in [2.05, 4.69) is 44.4 Å². The Labute approximate surface area is 105 Å². The largest absolute Gasteiger partial charge is 0.313 e. The fourth-order valence-corrected chi connectivity index (χ4v) is 3.90. The molecule has 0 aromatic heterocycles. The second-order valence-corrected chi connectivity index (χ2v) is 6.17. The van der Waals surface area contributed by atoms with Crippen LogP contribution in [0.1, 0.15) is 42.0 Å². The van der Waals surface area contributed by atoms with E-state index < -0.39 is 0 Å². The predicted molar refractivity (Wildman–Crippen MR) is 72.0 cm³/mol. The first-order valence-electron chi connectivity index (χ1n) is 6.93. The van der Waals surface area contributed by atoms with Crippen molar-refractivity contribution in [3.05, 3.63) is 34.9 Å². The van der Waals surface area contributed by atoms with E-state index in [0.717, 1.165) is 17.8 Å². The van der Waals surface area contributed by atoms with Gasteiger partial charge in [0.2, 0.25) is 0 Å². The number of fused-ring (bicyclic) bond motifs is 1. The van der Waals surface area contributed by atoms with Crippen LogP contribution in [0.25, 0.3) is 0 Å². The third-order valence-corrected chi connectivity index (χ3v) is 4.67. The minimum absolute atomic E-state index is 0.571. The molecule has 0 bridgehead atoms. The standard InChI is InChI=1S/C16H23N/c1-10-4-11(2)6-14(5-10)16(17-3)15-8-12-7-13(12)9-15/h4-6,12-13,15-17H,7-9H2,1-3H3. The molecule has 2 aliphatic rings. The highest BCUT2D eigenvalue weighted by Gasteiger charge is 2.47. The van der Waals surface area contributed by atoms with Gasteiger partial charge in [-0.05, 0) is 63.5 Å². The quantitative estimate of drug-likeness (QED) is 0.835. The molecule has 17 heavy (non-hydrogen) atoms. The van der Waals surface area contributed by atoms with Crippen LogP contribution in [0, 0.1) is 31.6 Å². The molecule has 2 aliphatic carbocycles. The highest BCUT2D eigenvalue weighted by molar-refractivity contribution is 5.31. The average Bonchev–Trinajstić information content (AvgIpc) is 2.86. The zero-order valence-corrected chi connectivity index (χ0v) is 11.2. The van der Waals surface area contributed by atoms with Crippen molar-refractivity contribution in [1.82, 2.24) is 5.32 Å². The predicted octanol–water partition coefficient (Wildman–Crippen LogP) is 3.61. The van der Waals surface area contributed by atoms with Gasteiger partial charge in [0.15, 0.2) is 0 Å². The van der Waals surface area contributed by atoms with Gasteiger partial charge in [-0.3, -0.25) is 0 Å². The molecule has 3 atom stereocenters. The van der Waals surface area contributed by atoms with Gasteiger partial charge in [0, 0.05) is 6.04 Å². The molecule has 1 nitrogen and oxygen atoms in total. The normalized spacial score (nSPS) is 32.3. The number of nitrogens with one attached hydrogen (secondary N) is 1. The van der Waals surface area contributed by atoms with Gasteiger partial charge in [-0.2, -0.15) is 0 Å². The van der Waals surface area contributed by atoms with Gasteiger partial charge >= 0.3 is 0 Å². The van der Waals surface area contributed by atoms with Crippen LogP contribution in [0.4, 0.5) is 0 Å². The molecule has 0 saturated heterocycles. The Kier molecular flexibility index (Phi) is 2.74. The molecule has 0 heterocycles. The molecule has 1 N–H and O–H groups in total. The lowest BCUT2D eigenvalue weighted by atomic mass is 9.88. The van der Waals surface area contributed by atoms with E-state index in [1.165, 1.54) is 36.0 Å². The molecule has 2 saturated carbocycles. The summed E-state index contributed by atoms with van der Waals surface area (Å²) in [6, 6.07) is 7.56. The first kappa shape index (κ1) is 11.3. The molecule has 0 radical (unpaired) electrons. The Balaban J connectivity index is 1.83. The van der Waals surface area contributed by atoms with Gasteiger partial charge in [0.25, 0.3) is 0 Å². The summed E-state index contributed by atoms with van der Waals surface area (Å²) in [6.45, 7) is 4.41. The van der Waals surface area contributed by atoms with Gasteiger partial charge < -0.3 is 5.32 Å². The maximum atomic E-state index is 3.56. The zero-order valence-electron chi connectivity index (χ0n) is 11.2. The minimum Gasteiger partial charge on any atom is -0.313 e. The minimum atomic E-state index is 0.571. The smallest absolute Gasteiger partial charge is 0.0346 e. The summed E-state index contributed by atoms with van der Waals surface area (Å²) >= 11 is 0. The lowest BCUT2D eigenvalue weighted by Crippen LogP contribution is -2.24. The Morgan fingerprint density at radius 3 is 2.12 bits per heavy atom. The molecule has 0 aliphatic heterocycles. The van der Waals surface area contributed by atoms with Crippen LogP contribution in [0.3, 0.4) is 0 Å². The molecule has 92 valence electrons. The van der Waals surface area contributed by atoms with E-state index in [4.69, 9.17) is 0 Å². The van der Waals surface area contributed by atoms with Crippen LogP contribution in [-0.4, -0.2) is 7.05 Å². The van der Waals surface area contributed by atoms with Crippen molar-refractivity contribution in [2.45, 2.75) is 39.2 Å². The molecule has 0 amide bonds. The van der Waals surface area contributed by atoms with Gasteiger partial charge in [0.1, 0.15) is 0 Å². The summed E-state index contributed by atoms with van der Waals surface area (Å²) < 4.78 is 0. The van der Waals surface area contributed by atoms with Gasteiger partial charge in [-0.1, -0.05) is 29.3 Å². The van der Waals surface area contributed by atoms with Crippen LogP contribution >= 0.6 is 0 Å². The summed E-state index contributed by atoms with van der Waals surface area (Å²) in [5, 5.41) is 3.56. The lowest BCUT2D eigenvalue weighted by Gasteiger charge is -2.25. The second kappa shape index (κ2) is 4.13. The number of hydrogen-bond donors (Lipinski definition) is 1. The summed E-state index contributed by atoms with van der Waals surface area (Å²) in [4.78, 5) is 0. The molecule has 2 fully saturated rings. The molecule has 1 aromatic carbocycles. The first-order chi connectivity index (χ1) is 8.17. The van der Waals surface area contributed by atoms with Gasteiger partial charge in [-0.25, -0.2) is 0 Å². The molecule has 3 unspecified atom stereocenters. The maximum absolute atomic E-state index is 3.56. The summed E-state index contributed by atoms with van der Waals surface area (Å²) in [5.74, 6) is 3.01. The fourth-order valence-electron chi connectivity index (χ4n) is 3.90. The third kappa shape index (κ3) is 2.13. The molecular formula is C16H23N. The van der Waals surface area contributed by atoms with E-state index in [9.17, 15) is 0 Å². The molecular weight excluding hydrogens is 206 g/mol. The molecule has 1 aromatic rings. The van der Waals surface area contributed by atoms with Crippen molar-refractivity contribution in [3.63, 3.8) is 0 Å². The van der Waals surface area contributed by atoms with Gasteiger partial charge in [0.05, 0.1) is 0 Å². The third-order valence-electron chi connectivity index (χ3n) is 4.67. The van der Waals surface area contributed by atoms with Crippen molar-refractivity contribution >= 4 is 0 Å². The van der Waals surface area contributed by atoms with Crippen LogP contribution in [0.2, 0.25) is 0 Å². The van der Waals surface area contributed by atoms with E-state index in [1.807, 2.05) is 0 Å². The van der Waals surface area contributed by atoms with Gasteiger partial charge in [-0.15, -0.1) is 0 Å². The Morgan fingerprint density at radius 2 is 1.59 bits per heavy atom. The highest BCUT2D eigenvalue weighted by Crippen LogP contribution is 2.57. The Hall–Kier alpha value is -0.820. The van der Waals surface area contributed by atoms with E-state index in [1.54, 1.807) is 0 Å². The SMILES string of the molecule is CNC(c1cc(C)cc(C)c1)C1CC2CC2C1. The number of rotatable bonds is 3. The average molecular weight is 229 g/mol. The molecule has 0 spiro atoms. The summed E-state index contributed by atoms with van der Waals surface area (Å²) in [5.41, 5.74) is 4.28. The number of hydrogen-bond acceptors (Lipinski definition) is 1. The molecule has 3 rings (SSSR count). The maximum Gasteiger partial charge on any atom is 0.0346 e. The van der Waals surface area contributed by atoms with E-state index in [-0.39, 0.29) is 0 Å². The van der Waals surface area contributed by atoms with Crippen LogP contribution in [-0.2, 0) is 0 Å². The van der Waals surface area contributed by atoms with Crippen LogP contribution in [0.15, 0.2) is 18.2 Å². The first-order valence-corrected chi connectivity index (χ1v) is 6.93. The van der Waals surface area contributed by atoms with Crippen molar-refractivity contribution in [1.29, 1.82) is 0 Å². The van der Waals surface area contributed by atoms with Crippen LogP contribution < -0.4 is 5.32 Å². The van der Waals surface area contributed by atoms with Crippen molar-refractivity contribution in [2.75, 3.05) is 7.05 Å². The molecule has 1 heteroatoms. The number of aryl methyl sites for hydroxylation is 2. The van der Waals surface area contributed by atoms with Crippen molar-refractivity contribution in [3.8, 4) is 0 Å². The van der Waals surface area contributed by atoms with Crippen LogP contribution in [0.5, 0.6) is 0 Å². The van der Waals surface area contributed by atoms with Crippen molar-refractivity contribution in [2.24, 2.45) is 17.8 Å². The zero-order chi connectivity index (χ0) is 12.0. The van der Waals surface area contributed by atoms with E-state index >= 15 is 0 Å². The number of benzene rings is 1. The van der Waals surface area contributed by atoms with E-state index in [0.29, 0.717) is 6.04 Å².